The Labute approximate surface area is 195 Å². The largest absolute Gasteiger partial charge is 0.357 e. The SMILES string of the molecule is CCNC(=NCc1ccc(Cn2ccccc2=O)cc1)NCCc1ccccc1.I. The van der Waals surface area contributed by atoms with Crippen LogP contribution >= 0.6 is 24.0 Å². The zero-order valence-corrected chi connectivity index (χ0v) is 19.6. The summed E-state index contributed by atoms with van der Waals surface area (Å²) in [6, 6.07) is 23.9. The lowest BCUT2D eigenvalue weighted by atomic mass is 10.1. The Morgan fingerprint density at radius 2 is 1.57 bits per heavy atom. The van der Waals surface area contributed by atoms with Crippen LogP contribution in [0.5, 0.6) is 0 Å². The molecule has 6 heteroatoms. The van der Waals surface area contributed by atoms with Crippen molar-refractivity contribution in [2.24, 2.45) is 4.99 Å². The summed E-state index contributed by atoms with van der Waals surface area (Å²) in [4.78, 5) is 16.5. The summed E-state index contributed by atoms with van der Waals surface area (Å²) < 4.78 is 1.70. The molecule has 5 nitrogen and oxygen atoms in total. The molecule has 2 N–H and O–H groups in total. The van der Waals surface area contributed by atoms with Gasteiger partial charge in [0, 0.05) is 25.4 Å². The van der Waals surface area contributed by atoms with Crippen LogP contribution in [0.15, 0.2) is 88.8 Å². The first-order chi connectivity index (χ1) is 14.2. The second kappa shape index (κ2) is 12.8. The molecular weight excluding hydrogens is 487 g/mol. The van der Waals surface area contributed by atoms with Crippen LogP contribution in [0.1, 0.15) is 23.6 Å². The number of aromatic nitrogens is 1. The van der Waals surface area contributed by atoms with Crippen molar-refractivity contribution >= 4 is 29.9 Å². The number of hydrogen-bond acceptors (Lipinski definition) is 2. The van der Waals surface area contributed by atoms with E-state index in [1.165, 1.54) is 5.56 Å². The van der Waals surface area contributed by atoms with Gasteiger partial charge < -0.3 is 15.2 Å². The van der Waals surface area contributed by atoms with Gasteiger partial charge in [-0.1, -0.05) is 60.7 Å². The number of hydrogen-bond donors (Lipinski definition) is 2. The van der Waals surface area contributed by atoms with Crippen LogP contribution in [0.4, 0.5) is 0 Å². The van der Waals surface area contributed by atoms with Crippen LogP contribution in [0.3, 0.4) is 0 Å². The monoisotopic (exact) mass is 516 g/mol. The van der Waals surface area contributed by atoms with Crippen molar-refractivity contribution < 1.29 is 0 Å². The standard InChI is InChI=1S/C24H28N4O.HI/c1-2-25-24(26-16-15-20-8-4-3-5-9-20)27-18-21-11-13-22(14-12-21)19-28-17-7-6-10-23(28)29;/h3-14,17H,2,15-16,18-19H2,1H3,(H2,25,26,27);1H. The van der Waals surface area contributed by atoms with E-state index in [0.29, 0.717) is 13.1 Å². The van der Waals surface area contributed by atoms with E-state index in [2.05, 4.69) is 71.1 Å². The van der Waals surface area contributed by atoms with Crippen LogP contribution in [0, 0.1) is 0 Å². The molecule has 1 heterocycles. The highest BCUT2D eigenvalue weighted by molar-refractivity contribution is 14.0. The molecule has 0 amide bonds. The van der Waals surface area contributed by atoms with Gasteiger partial charge in [-0.05, 0) is 36.1 Å². The molecule has 3 aromatic rings. The van der Waals surface area contributed by atoms with E-state index in [4.69, 9.17) is 0 Å². The molecule has 30 heavy (non-hydrogen) atoms. The lowest BCUT2D eigenvalue weighted by molar-refractivity contribution is 0.759. The van der Waals surface area contributed by atoms with Crippen LogP contribution in [0.2, 0.25) is 0 Å². The van der Waals surface area contributed by atoms with Gasteiger partial charge in [0.05, 0.1) is 13.1 Å². The zero-order chi connectivity index (χ0) is 20.3. The average molecular weight is 516 g/mol. The summed E-state index contributed by atoms with van der Waals surface area (Å²) in [6.07, 6.45) is 2.77. The summed E-state index contributed by atoms with van der Waals surface area (Å²) in [5.74, 6) is 0.823. The van der Waals surface area contributed by atoms with Gasteiger partial charge in [-0.2, -0.15) is 0 Å². The molecule has 2 aromatic carbocycles. The fourth-order valence-corrected chi connectivity index (χ4v) is 3.02. The van der Waals surface area contributed by atoms with Gasteiger partial charge in [0.2, 0.25) is 0 Å². The highest BCUT2D eigenvalue weighted by Gasteiger charge is 2.00. The van der Waals surface area contributed by atoms with Crippen molar-refractivity contribution in [3.63, 3.8) is 0 Å². The van der Waals surface area contributed by atoms with Crippen molar-refractivity contribution in [1.82, 2.24) is 15.2 Å². The Morgan fingerprint density at radius 3 is 2.27 bits per heavy atom. The molecule has 1 aromatic heterocycles. The first-order valence-electron chi connectivity index (χ1n) is 10.0. The fraction of sp³-hybridized carbons (Fsp3) is 0.250. The molecule has 0 aliphatic heterocycles. The summed E-state index contributed by atoms with van der Waals surface area (Å²) in [6.45, 7) is 4.90. The highest BCUT2D eigenvalue weighted by Crippen LogP contribution is 2.07. The third-order valence-electron chi connectivity index (χ3n) is 4.59. The number of nitrogens with zero attached hydrogens (tertiary/aromatic N) is 2. The number of benzene rings is 2. The van der Waals surface area contributed by atoms with Crippen LogP contribution < -0.4 is 16.2 Å². The van der Waals surface area contributed by atoms with Crippen molar-refractivity contribution in [3.05, 3.63) is 106 Å². The molecule has 0 saturated heterocycles. The molecular formula is C24H29IN4O. The molecule has 0 spiro atoms. The van der Waals surface area contributed by atoms with E-state index < -0.39 is 0 Å². The molecule has 0 aliphatic rings. The summed E-state index contributed by atoms with van der Waals surface area (Å²) in [5.41, 5.74) is 3.55. The topological polar surface area (TPSA) is 58.4 Å². The first kappa shape index (κ1) is 23.7. The van der Waals surface area contributed by atoms with Gasteiger partial charge in [-0.25, -0.2) is 4.99 Å². The minimum absolute atomic E-state index is 0. The predicted octanol–water partition coefficient (Wildman–Crippen LogP) is 3.81. The summed E-state index contributed by atoms with van der Waals surface area (Å²) in [5, 5.41) is 6.68. The Bertz CT molecular complexity index is 968. The zero-order valence-electron chi connectivity index (χ0n) is 17.3. The molecule has 0 atom stereocenters. The molecule has 158 valence electrons. The quantitative estimate of drug-likeness (QED) is 0.272. The van der Waals surface area contributed by atoms with Gasteiger partial charge in [-0.15, -0.1) is 24.0 Å². The Morgan fingerprint density at radius 1 is 0.867 bits per heavy atom. The Balaban J connectivity index is 0.00000320. The van der Waals surface area contributed by atoms with Crippen molar-refractivity contribution in [2.45, 2.75) is 26.4 Å². The van der Waals surface area contributed by atoms with E-state index >= 15 is 0 Å². The van der Waals surface area contributed by atoms with E-state index in [1.807, 2.05) is 18.3 Å². The van der Waals surface area contributed by atoms with Gasteiger partial charge in [0.25, 0.3) is 5.56 Å². The molecule has 3 rings (SSSR count). The Hall–Kier alpha value is -2.61. The van der Waals surface area contributed by atoms with E-state index in [1.54, 1.807) is 16.7 Å². The third kappa shape index (κ3) is 7.67. The van der Waals surface area contributed by atoms with E-state index in [9.17, 15) is 4.79 Å². The highest BCUT2D eigenvalue weighted by atomic mass is 127. The summed E-state index contributed by atoms with van der Waals surface area (Å²) >= 11 is 0. The van der Waals surface area contributed by atoms with Crippen LogP contribution in [0.25, 0.3) is 0 Å². The third-order valence-corrected chi connectivity index (χ3v) is 4.59. The van der Waals surface area contributed by atoms with Crippen LogP contribution in [-0.4, -0.2) is 23.6 Å². The lowest BCUT2D eigenvalue weighted by Crippen LogP contribution is -2.38. The molecule has 0 saturated carbocycles. The number of aliphatic imine (C=N–C) groups is 1. The van der Waals surface area contributed by atoms with Gasteiger partial charge in [0.1, 0.15) is 0 Å². The predicted molar refractivity (Wildman–Crippen MR) is 135 cm³/mol. The van der Waals surface area contributed by atoms with Gasteiger partial charge >= 0.3 is 0 Å². The number of rotatable bonds is 8. The van der Waals surface area contributed by atoms with Crippen molar-refractivity contribution in [1.29, 1.82) is 0 Å². The van der Waals surface area contributed by atoms with E-state index in [-0.39, 0.29) is 29.5 Å². The summed E-state index contributed by atoms with van der Waals surface area (Å²) in [7, 11) is 0. The Kier molecular flexibility index (Phi) is 10.1. The van der Waals surface area contributed by atoms with Crippen molar-refractivity contribution in [2.75, 3.05) is 13.1 Å². The maximum Gasteiger partial charge on any atom is 0.250 e. The van der Waals surface area contributed by atoms with Crippen LogP contribution in [-0.2, 0) is 19.5 Å². The molecule has 0 bridgehead atoms. The molecule has 0 aliphatic carbocycles. The second-order valence-electron chi connectivity index (χ2n) is 6.84. The number of guanidine groups is 1. The minimum Gasteiger partial charge on any atom is -0.357 e. The second-order valence-corrected chi connectivity index (χ2v) is 6.84. The maximum atomic E-state index is 11.8. The number of halogens is 1. The fourth-order valence-electron chi connectivity index (χ4n) is 3.02. The number of nitrogens with one attached hydrogen (secondary N) is 2. The first-order valence-corrected chi connectivity index (χ1v) is 10.0. The molecule has 0 fully saturated rings. The van der Waals surface area contributed by atoms with E-state index in [0.717, 1.165) is 36.6 Å². The molecule has 0 radical (unpaired) electrons. The smallest absolute Gasteiger partial charge is 0.250 e. The average Bonchev–Trinajstić information content (AvgIpc) is 2.75. The minimum atomic E-state index is 0. The maximum absolute atomic E-state index is 11.8. The lowest BCUT2D eigenvalue weighted by Gasteiger charge is -2.11. The normalized spacial score (nSPS) is 10.9. The van der Waals surface area contributed by atoms with Gasteiger partial charge in [0.15, 0.2) is 5.96 Å². The molecule has 0 unspecified atom stereocenters. The van der Waals surface area contributed by atoms with Gasteiger partial charge in [-0.3, -0.25) is 4.79 Å². The number of pyridine rings is 1. The van der Waals surface area contributed by atoms with Crippen molar-refractivity contribution in [3.8, 4) is 0 Å².